The topological polar surface area (TPSA) is 66.9 Å². The third-order valence-corrected chi connectivity index (χ3v) is 7.26. The minimum Gasteiger partial charge on any atom is -0.351 e. The quantitative estimate of drug-likeness (QED) is 0.718. The van der Waals surface area contributed by atoms with E-state index in [9.17, 15) is 4.79 Å². The normalized spacial score (nSPS) is 18.9. The molecule has 2 aliphatic rings. The molecule has 5 heteroatoms. The van der Waals surface area contributed by atoms with Gasteiger partial charge in [-0.25, -0.2) is 9.97 Å². The van der Waals surface area contributed by atoms with Crippen LogP contribution in [-0.4, -0.2) is 28.5 Å². The van der Waals surface area contributed by atoms with Crippen molar-refractivity contribution in [2.75, 3.05) is 11.9 Å². The Morgan fingerprint density at radius 3 is 2.50 bits per heavy atom. The van der Waals surface area contributed by atoms with E-state index in [1.54, 1.807) is 0 Å². The van der Waals surface area contributed by atoms with E-state index in [4.69, 9.17) is 4.98 Å². The molecule has 0 unspecified atom stereocenters. The van der Waals surface area contributed by atoms with Crippen LogP contribution in [0.4, 0.5) is 5.95 Å². The van der Waals surface area contributed by atoms with Gasteiger partial charge >= 0.3 is 0 Å². The van der Waals surface area contributed by atoms with Gasteiger partial charge in [-0.15, -0.1) is 0 Å². The number of anilines is 1. The zero-order valence-corrected chi connectivity index (χ0v) is 18.7. The standard InChI is InChI=1S/C25H34N4O/c1-16(2)25(17(3)4)15-27-23(30)20-11-10-18(14-21(20)25)22-12-13-26-24(29-22)28-19-8-6-5-7-9-19/h10-14,16-17,19H,5-9,15H2,1-4H3,(H,27,30)(H,26,28,29). The highest BCUT2D eigenvalue weighted by molar-refractivity contribution is 5.98. The Balaban J connectivity index is 1.71. The number of carbonyl (C=O) groups excluding carboxylic acids is 1. The minimum absolute atomic E-state index is 0.0239. The van der Waals surface area contributed by atoms with Crippen LogP contribution < -0.4 is 10.6 Å². The summed E-state index contributed by atoms with van der Waals surface area (Å²) in [5.74, 6) is 1.53. The number of fused-ring (bicyclic) bond motifs is 1. The molecular weight excluding hydrogens is 372 g/mol. The summed E-state index contributed by atoms with van der Waals surface area (Å²) < 4.78 is 0. The maximum absolute atomic E-state index is 12.6. The zero-order chi connectivity index (χ0) is 21.3. The van der Waals surface area contributed by atoms with Gasteiger partial charge in [0, 0.05) is 35.3 Å². The van der Waals surface area contributed by atoms with E-state index in [2.05, 4.69) is 49.4 Å². The number of hydrogen-bond acceptors (Lipinski definition) is 4. The fraction of sp³-hybridized carbons (Fsp3) is 0.560. The van der Waals surface area contributed by atoms with Gasteiger partial charge in [0.1, 0.15) is 0 Å². The first-order chi connectivity index (χ1) is 14.4. The number of nitrogens with zero attached hydrogens (tertiary/aromatic N) is 2. The molecule has 4 rings (SSSR count). The van der Waals surface area contributed by atoms with Crippen molar-refractivity contribution in [1.29, 1.82) is 0 Å². The Bertz CT molecular complexity index is 907. The third-order valence-electron chi connectivity index (χ3n) is 7.26. The van der Waals surface area contributed by atoms with Crippen molar-refractivity contribution >= 4 is 11.9 Å². The van der Waals surface area contributed by atoms with Crippen molar-refractivity contribution in [2.24, 2.45) is 11.8 Å². The SMILES string of the molecule is CC(C)C1(C(C)C)CNC(=O)c2ccc(-c3ccnc(NC4CCCCC4)n3)cc21. The van der Waals surface area contributed by atoms with Gasteiger partial charge < -0.3 is 10.6 Å². The summed E-state index contributed by atoms with van der Waals surface area (Å²) in [6.07, 6.45) is 8.08. The molecule has 2 heterocycles. The molecule has 1 saturated carbocycles. The van der Waals surface area contributed by atoms with Crippen molar-refractivity contribution in [3.8, 4) is 11.3 Å². The fourth-order valence-electron chi connectivity index (χ4n) is 5.42. The summed E-state index contributed by atoms with van der Waals surface area (Å²) in [7, 11) is 0. The molecule has 0 bridgehead atoms. The monoisotopic (exact) mass is 406 g/mol. The van der Waals surface area contributed by atoms with Gasteiger partial charge in [-0.05, 0) is 48.4 Å². The summed E-state index contributed by atoms with van der Waals surface area (Å²) >= 11 is 0. The molecule has 1 amide bonds. The van der Waals surface area contributed by atoms with E-state index in [0.717, 1.165) is 22.4 Å². The lowest BCUT2D eigenvalue weighted by molar-refractivity contribution is 0.0887. The number of aromatic nitrogens is 2. The number of benzene rings is 1. The minimum atomic E-state index is -0.0878. The van der Waals surface area contributed by atoms with Crippen LogP contribution in [0.3, 0.4) is 0 Å². The van der Waals surface area contributed by atoms with Crippen molar-refractivity contribution in [3.63, 3.8) is 0 Å². The molecule has 0 saturated heterocycles. The summed E-state index contributed by atoms with van der Waals surface area (Å²) in [4.78, 5) is 21.9. The molecule has 1 aliphatic heterocycles. The maximum Gasteiger partial charge on any atom is 0.251 e. The highest BCUT2D eigenvalue weighted by Crippen LogP contribution is 2.44. The van der Waals surface area contributed by atoms with Crippen LogP contribution in [0, 0.1) is 11.8 Å². The Kier molecular flexibility index (Phi) is 5.81. The van der Waals surface area contributed by atoms with Crippen LogP contribution in [0.5, 0.6) is 0 Å². The predicted molar refractivity (Wildman–Crippen MR) is 122 cm³/mol. The molecule has 0 spiro atoms. The van der Waals surface area contributed by atoms with Crippen LogP contribution in [0.2, 0.25) is 0 Å². The highest BCUT2D eigenvalue weighted by Gasteiger charge is 2.44. The van der Waals surface area contributed by atoms with Gasteiger partial charge in [-0.2, -0.15) is 0 Å². The van der Waals surface area contributed by atoms with Crippen LogP contribution in [-0.2, 0) is 5.41 Å². The van der Waals surface area contributed by atoms with E-state index < -0.39 is 0 Å². The number of hydrogen-bond donors (Lipinski definition) is 2. The summed E-state index contributed by atoms with van der Waals surface area (Å²) in [5.41, 5.74) is 3.80. The van der Waals surface area contributed by atoms with Crippen LogP contribution in [0.25, 0.3) is 11.3 Å². The zero-order valence-electron chi connectivity index (χ0n) is 18.7. The maximum atomic E-state index is 12.6. The van der Waals surface area contributed by atoms with Crippen molar-refractivity contribution in [2.45, 2.75) is 71.3 Å². The molecule has 1 aliphatic carbocycles. The van der Waals surface area contributed by atoms with Crippen molar-refractivity contribution in [3.05, 3.63) is 41.6 Å². The number of nitrogens with one attached hydrogen (secondary N) is 2. The van der Waals surface area contributed by atoms with E-state index >= 15 is 0 Å². The van der Waals surface area contributed by atoms with Crippen molar-refractivity contribution in [1.82, 2.24) is 15.3 Å². The van der Waals surface area contributed by atoms with Gasteiger partial charge in [0.05, 0.1) is 5.69 Å². The average Bonchev–Trinajstić information content (AvgIpc) is 2.74. The molecule has 30 heavy (non-hydrogen) atoms. The summed E-state index contributed by atoms with van der Waals surface area (Å²) in [5, 5.41) is 6.66. The second kappa shape index (κ2) is 8.37. The van der Waals surface area contributed by atoms with E-state index in [1.165, 1.54) is 32.1 Å². The molecule has 1 aromatic heterocycles. The van der Waals surface area contributed by atoms with Crippen LogP contribution >= 0.6 is 0 Å². The average molecular weight is 407 g/mol. The molecule has 0 radical (unpaired) electrons. The van der Waals surface area contributed by atoms with Gasteiger partial charge in [0.2, 0.25) is 5.95 Å². The fourth-order valence-corrected chi connectivity index (χ4v) is 5.42. The van der Waals surface area contributed by atoms with E-state index in [-0.39, 0.29) is 11.3 Å². The Morgan fingerprint density at radius 1 is 1.07 bits per heavy atom. The molecule has 160 valence electrons. The predicted octanol–water partition coefficient (Wildman–Crippen LogP) is 5.18. The third kappa shape index (κ3) is 3.70. The summed E-state index contributed by atoms with van der Waals surface area (Å²) in [6, 6.07) is 8.61. The second-order valence-electron chi connectivity index (χ2n) is 9.54. The first-order valence-corrected chi connectivity index (χ1v) is 11.4. The van der Waals surface area contributed by atoms with E-state index in [0.29, 0.717) is 30.4 Å². The Morgan fingerprint density at radius 2 is 1.80 bits per heavy atom. The largest absolute Gasteiger partial charge is 0.351 e. The molecule has 1 aromatic carbocycles. The number of rotatable bonds is 5. The smallest absolute Gasteiger partial charge is 0.251 e. The van der Waals surface area contributed by atoms with Gasteiger partial charge in [-0.3, -0.25) is 4.79 Å². The van der Waals surface area contributed by atoms with Gasteiger partial charge in [0.25, 0.3) is 5.91 Å². The summed E-state index contributed by atoms with van der Waals surface area (Å²) in [6.45, 7) is 9.70. The van der Waals surface area contributed by atoms with Gasteiger partial charge in [-0.1, -0.05) is 53.0 Å². The number of carbonyl (C=O) groups is 1. The molecule has 1 fully saturated rings. The lowest BCUT2D eigenvalue weighted by atomic mass is 9.61. The van der Waals surface area contributed by atoms with Gasteiger partial charge in [0.15, 0.2) is 0 Å². The van der Waals surface area contributed by atoms with Crippen LogP contribution in [0.1, 0.15) is 75.7 Å². The molecule has 5 nitrogen and oxygen atoms in total. The molecule has 2 aromatic rings. The van der Waals surface area contributed by atoms with Crippen LogP contribution in [0.15, 0.2) is 30.5 Å². The highest BCUT2D eigenvalue weighted by atomic mass is 16.1. The van der Waals surface area contributed by atoms with Crippen molar-refractivity contribution < 1.29 is 4.79 Å². The lowest BCUT2D eigenvalue weighted by Crippen LogP contribution is -2.53. The van der Waals surface area contributed by atoms with E-state index in [1.807, 2.05) is 24.4 Å². The lowest BCUT2D eigenvalue weighted by Gasteiger charge is -2.46. The Hall–Kier alpha value is -2.43. The molecule has 0 atom stereocenters. The molecular formula is C25H34N4O. The number of amides is 1. The first kappa shape index (κ1) is 20.8. The first-order valence-electron chi connectivity index (χ1n) is 11.4. The Labute approximate surface area is 180 Å². The second-order valence-corrected chi connectivity index (χ2v) is 9.54. The molecule has 2 N–H and O–H groups in total.